The number of ether oxygens (including phenoxy) is 4. The van der Waals surface area contributed by atoms with E-state index in [1.54, 1.807) is 0 Å². The third kappa shape index (κ3) is 2.62. The number of aldehydes is 1. The maximum absolute atomic E-state index is 11.1. The van der Waals surface area contributed by atoms with Crippen molar-refractivity contribution in [1.29, 1.82) is 0 Å². The van der Waals surface area contributed by atoms with Crippen LogP contribution in [-0.4, -0.2) is 36.7 Å². The molecule has 0 unspecified atom stereocenters. The van der Waals surface area contributed by atoms with Crippen LogP contribution < -0.4 is 0 Å². The molecule has 0 aromatic heterocycles. The minimum Gasteiger partial charge on any atom is -0.367 e. The Bertz CT molecular complexity index is 472. The van der Waals surface area contributed by atoms with Gasteiger partial charge in [-0.15, -0.1) is 0 Å². The van der Waals surface area contributed by atoms with Gasteiger partial charge in [-0.05, 0) is 19.4 Å². The van der Waals surface area contributed by atoms with E-state index in [-0.39, 0.29) is 6.10 Å². The summed E-state index contributed by atoms with van der Waals surface area (Å²) in [6.45, 7) is 4.05. The van der Waals surface area contributed by atoms with Crippen molar-refractivity contribution in [2.75, 3.05) is 0 Å². The molecule has 20 heavy (non-hydrogen) atoms. The Kier molecular flexibility index (Phi) is 3.60. The normalized spacial score (nSPS) is 34.9. The molecule has 0 spiro atoms. The van der Waals surface area contributed by atoms with E-state index >= 15 is 0 Å². The predicted molar refractivity (Wildman–Crippen MR) is 69.8 cm³/mol. The van der Waals surface area contributed by atoms with E-state index < -0.39 is 24.3 Å². The molecule has 2 fully saturated rings. The number of rotatable bonds is 4. The van der Waals surface area contributed by atoms with Gasteiger partial charge in [-0.2, -0.15) is 0 Å². The number of fused-ring (bicyclic) bond motifs is 1. The molecule has 3 rings (SSSR count). The SMILES string of the molecule is CC1(C)O[C@H]2O[C@H](C=O)[C@@H](OCc3ccccc3)[C@H]2O1. The molecule has 2 saturated heterocycles. The van der Waals surface area contributed by atoms with Crippen LogP contribution in [0.3, 0.4) is 0 Å². The van der Waals surface area contributed by atoms with E-state index in [0.717, 1.165) is 11.8 Å². The molecule has 0 amide bonds. The van der Waals surface area contributed by atoms with Gasteiger partial charge in [0.15, 0.2) is 18.4 Å². The molecule has 2 aliphatic rings. The Labute approximate surface area is 117 Å². The van der Waals surface area contributed by atoms with Gasteiger partial charge in [-0.3, -0.25) is 0 Å². The third-order valence-electron chi connectivity index (χ3n) is 3.45. The summed E-state index contributed by atoms with van der Waals surface area (Å²) < 4.78 is 22.7. The summed E-state index contributed by atoms with van der Waals surface area (Å²) in [5.41, 5.74) is 1.04. The fraction of sp³-hybridized carbons (Fsp3) is 0.533. The Morgan fingerprint density at radius 1 is 1.25 bits per heavy atom. The molecule has 0 aliphatic carbocycles. The van der Waals surface area contributed by atoms with Gasteiger partial charge < -0.3 is 23.7 Å². The third-order valence-corrected chi connectivity index (χ3v) is 3.45. The number of carbonyl (C=O) groups is 1. The molecule has 4 atom stereocenters. The van der Waals surface area contributed by atoms with E-state index in [1.165, 1.54) is 0 Å². The van der Waals surface area contributed by atoms with E-state index in [2.05, 4.69) is 0 Å². The van der Waals surface area contributed by atoms with Gasteiger partial charge in [-0.1, -0.05) is 30.3 Å². The fourth-order valence-corrected chi connectivity index (χ4v) is 2.57. The van der Waals surface area contributed by atoms with Crippen LogP contribution in [0.25, 0.3) is 0 Å². The topological polar surface area (TPSA) is 54.0 Å². The Balaban J connectivity index is 1.68. The van der Waals surface area contributed by atoms with E-state index in [9.17, 15) is 4.79 Å². The monoisotopic (exact) mass is 278 g/mol. The fourth-order valence-electron chi connectivity index (χ4n) is 2.57. The van der Waals surface area contributed by atoms with Crippen LogP contribution in [0.1, 0.15) is 19.4 Å². The lowest BCUT2D eigenvalue weighted by Gasteiger charge is -2.23. The zero-order valence-electron chi connectivity index (χ0n) is 11.5. The molecule has 0 bridgehead atoms. The number of benzene rings is 1. The first-order valence-electron chi connectivity index (χ1n) is 6.71. The van der Waals surface area contributed by atoms with Crippen molar-refractivity contribution in [3.05, 3.63) is 35.9 Å². The zero-order chi connectivity index (χ0) is 14.2. The molecule has 2 heterocycles. The summed E-state index contributed by atoms with van der Waals surface area (Å²) in [5, 5.41) is 0. The highest BCUT2D eigenvalue weighted by Gasteiger charge is 2.55. The van der Waals surface area contributed by atoms with Crippen molar-refractivity contribution in [2.24, 2.45) is 0 Å². The first-order valence-corrected chi connectivity index (χ1v) is 6.71. The molecule has 0 radical (unpaired) electrons. The number of carbonyl (C=O) groups excluding carboxylic acids is 1. The van der Waals surface area contributed by atoms with Gasteiger partial charge in [0.2, 0.25) is 0 Å². The van der Waals surface area contributed by atoms with Gasteiger partial charge in [-0.25, -0.2) is 0 Å². The lowest BCUT2D eigenvalue weighted by Crippen LogP contribution is -2.37. The second-order valence-corrected chi connectivity index (χ2v) is 5.47. The molecule has 5 heteroatoms. The molecular weight excluding hydrogens is 260 g/mol. The quantitative estimate of drug-likeness (QED) is 0.784. The van der Waals surface area contributed by atoms with Crippen molar-refractivity contribution in [2.45, 2.75) is 50.8 Å². The van der Waals surface area contributed by atoms with Gasteiger partial charge in [0.05, 0.1) is 6.61 Å². The Morgan fingerprint density at radius 3 is 2.70 bits per heavy atom. The number of hydrogen-bond acceptors (Lipinski definition) is 5. The predicted octanol–water partition coefficient (Wildman–Crippen LogP) is 1.65. The smallest absolute Gasteiger partial charge is 0.190 e. The minimum absolute atomic E-state index is 0.371. The highest BCUT2D eigenvalue weighted by molar-refractivity contribution is 5.58. The van der Waals surface area contributed by atoms with Crippen LogP contribution in [0.4, 0.5) is 0 Å². The van der Waals surface area contributed by atoms with Gasteiger partial charge in [0, 0.05) is 0 Å². The summed E-state index contributed by atoms with van der Waals surface area (Å²) in [5.74, 6) is -0.711. The van der Waals surface area contributed by atoms with E-state index in [0.29, 0.717) is 6.61 Å². The average Bonchev–Trinajstić information content (AvgIpc) is 2.89. The summed E-state index contributed by atoms with van der Waals surface area (Å²) in [6.07, 6.45) is -1.26. The number of hydrogen-bond donors (Lipinski definition) is 0. The molecule has 0 saturated carbocycles. The summed E-state index contributed by atoms with van der Waals surface area (Å²) >= 11 is 0. The molecular formula is C15H18O5. The molecule has 2 aliphatic heterocycles. The summed E-state index contributed by atoms with van der Waals surface area (Å²) in [4.78, 5) is 11.1. The van der Waals surface area contributed by atoms with Crippen LogP contribution in [0.15, 0.2) is 30.3 Å². The van der Waals surface area contributed by atoms with Crippen molar-refractivity contribution in [3.8, 4) is 0 Å². The largest absolute Gasteiger partial charge is 0.367 e. The maximum atomic E-state index is 11.1. The molecule has 5 nitrogen and oxygen atoms in total. The lowest BCUT2D eigenvalue weighted by atomic mass is 10.1. The van der Waals surface area contributed by atoms with E-state index in [4.69, 9.17) is 18.9 Å². The average molecular weight is 278 g/mol. The van der Waals surface area contributed by atoms with Crippen molar-refractivity contribution in [1.82, 2.24) is 0 Å². The van der Waals surface area contributed by atoms with Crippen LogP contribution in [0.5, 0.6) is 0 Å². The highest BCUT2D eigenvalue weighted by atomic mass is 16.8. The van der Waals surface area contributed by atoms with E-state index in [1.807, 2.05) is 44.2 Å². The zero-order valence-corrected chi connectivity index (χ0v) is 11.5. The Hall–Kier alpha value is -1.27. The Morgan fingerprint density at radius 2 is 2.00 bits per heavy atom. The van der Waals surface area contributed by atoms with Gasteiger partial charge in [0.1, 0.15) is 18.3 Å². The minimum atomic E-state index is -0.711. The van der Waals surface area contributed by atoms with Crippen molar-refractivity contribution >= 4 is 6.29 Å². The first kappa shape index (κ1) is 13.7. The van der Waals surface area contributed by atoms with Crippen molar-refractivity contribution < 1.29 is 23.7 Å². The van der Waals surface area contributed by atoms with Gasteiger partial charge in [0.25, 0.3) is 0 Å². The molecule has 108 valence electrons. The summed E-state index contributed by atoms with van der Waals surface area (Å²) in [6, 6.07) is 9.78. The van der Waals surface area contributed by atoms with Crippen LogP contribution in [0.2, 0.25) is 0 Å². The maximum Gasteiger partial charge on any atom is 0.190 e. The highest BCUT2D eigenvalue weighted by Crippen LogP contribution is 2.38. The first-order chi connectivity index (χ1) is 9.59. The molecule has 0 N–H and O–H groups in total. The van der Waals surface area contributed by atoms with Crippen molar-refractivity contribution in [3.63, 3.8) is 0 Å². The van der Waals surface area contributed by atoms with Crippen LogP contribution >= 0.6 is 0 Å². The van der Waals surface area contributed by atoms with Crippen LogP contribution in [0, 0.1) is 0 Å². The second kappa shape index (κ2) is 5.26. The molecule has 1 aromatic carbocycles. The molecule has 1 aromatic rings. The van der Waals surface area contributed by atoms with Crippen LogP contribution in [-0.2, 0) is 30.3 Å². The standard InChI is InChI=1S/C15H18O5/c1-15(2)19-13-12(11(8-16)18-14(13)20-15)17-9-10-6-4-3-5-7-10/h3-8,11-14H,9H2,1-2H3/t11-,12-,13-,14-/m1/s1. The second-order valence-electron chi connectivity index (χ2n) is 5.47. The lowest BCUT2D eigenvalue weighted by molar-refractivity contribution is -0.216. The summed E-state index contributed by atoms with van der Waals surface area (Å²) in [7, 11) is 0. The van der Waals surface area contributed by atoms with Gasteiger partial charge >= 0.3 is 0 Å².